The Morgan fingerprint density at radius 3 is 2.72 bits per heavy atom. The zero-order chi connectivity index (χ0) is 13.0. The van der Waals surface area contributed by atoms with Gasteiger partial charge in [-0.15, -0.1) is 0 Å². The van der Waals surface area contributed by atoms with Crippen LogP contribution in [0.4, 0.5) is 0 Å². The van der Waals surface area contributed by atoms with E-state index >= 15 is 0 Å². The van der Waals surface area contributed by atoms with Crippen LogP contribution < -0.4 is 0 Å². The summed E-state index contributed by atoms with van der Waals surface area (Å²) in [7, 11) is 0. The lowest BCUT2D eigenvalue weighted by Crippen LogP contribution is -2.14. The van der Waals surface area contributed by atoms with Crippen LogP contribution in [0.25, 0.3) is 0 Å². The van der Waals surface area contributed by atoms with E-state index in [0.29, 0.717) is 11.8 Å². The summed E-state index contributed by atoms with van der Waals surface area (Å²) in [5.41, 5.74) is 1.07. The summed E-state index contributed by atoms with van der Waals surface area (Å²) < 4.78 is 6.95. The van der Waals surface area contributed by atoms with Gasteiger partial charge in [0.1, 0.15) is 6.10 Å². The molecule has 0 N–H and O–H groups in total. The zero-order valence-corrected chi connectivity index (χ0v) is 12.3. The van der Waals surface area contributed by atoms with Gasteiger partial charge < -0.3 is 4.74 Å². The van der Waals surface area contributed by atoms with Crippen LogP contribution in [0, 0.1) is 11.8 Å². The van der Waals surface area contributed by atoms with Gasteiger partial charge >= 0.3 is 5.97 Å². The molecule has 2 nitrogen and oxygen atoms in total. The van der Waals surface area contributed by atoms with E-state index in [1.807, 2.05) is 29.5 Å². The van der Waals surface area contributed by atoms with Crippen LogP contribution in [0.5, 0.6) is 0 Å². The number of allylic oxidation sites excluding steroid dienone is 6. The number of carbonyl (C=O) groups excluding carboxylic acids is 1. The minimum atomic E-state index is -0.296. The van der Waals surface area contributed by atoms with Crippen molar-refractivity contribution < 1.29 is 9.53 Å². The van der Waals surface area contributed by atoms with E-state index in [9.17, 15) is 4.79 Å². The molecular weight excluding hydrogens is 339 g/mol. The van der Waals surface area contributed by atoms with Crippen molar-refractivity contribution in [3.05, 3.63) is 58.3 Å². The Kier molecular flexibility index (Phi) is 4.58. The van der Waals surface area contributed by atoms with Crippen LogP contribution in [0.15, 0.2) is 58.3 Å². The Morgan fingerprint density at radius 2 is 2.06 bits per heavy atom. The Bertz CT molecular complexity index is 457. The summed E-state index contributed by atoms with van der Waals surface area (Å²) >= 11 is 2.00. The van der Waals surface area contributed by atoms with E-state index in [-0.39, 0.29) is 12.1 Å². The van der Waals surface area contributed by atoms with Gasteiger partial charge in [-0.3, -0.25) is 0 Å². The van der Waals surface area contributed by atoms with Crippen molar-refractivity contribution >= 4 is 28.6 Å². The Balaban J connectivity index is 1.96. The highest BCUT2D eigenvalue weighted by atomic mass is 127. The molecule has 0 saturated heterocycles. The molecule has 0 heterocycles. The number of hydrogen-bond donors (Lipinski definition) is 0. The monoisotopic (exact) mass is 354 g/mol. The standard InChI is InChI=1S/C15H15IO2/c1-11(18-15(17)8-9-16)13-6-7-14(10-13)12-4-2-3-5-12/h2-12,14H,1H3/b9-8+. The van der Waals surface area contributed by atoms with E-state index in [1.54, 1.807) is 4.08 Å². The highest BCUT2D eigenvalue weighted by Gasteiger charge is 2.21. The molecule has 3 heteroatoms. The van der Waals surface area contributed by atoms with Crippen molar-refractivity contribution in [2.75, 3.05) is 0 Å². The first-order chi connectivity index (χ1) is 8.70. The van der Waals surface area contributed by atoms with E-state index in [2.05, 4.69) is 42.5 Å². The van der Waals surface area contributed by atoms with Crippen LogP contribution in [0.2, 0.25) is 0 Å². The molecule has 2 aliphatic carbocycles. The van der Waals surface area contributed by atoms with Crippen molar-refractivity contribution in [1.29, 1.82) is 0 Å². The van der Waals surface area contributed by atoms with Gasteiger partial charge in [0.25, 0.3) is 0 Å². The maximum atomic E-state index is 11.4. The summed E-state index contributed by atoms with van der Waals surface area (Å²) in [4.78, 5) is 11.4. The van der Waals surface area contributed by atoms with Gasteiger partial charge in [-0.05, 0) is 16.6 Å². The maximum Gasteiger partial charge on any atom is 0.331 e. The number of esters is 1. The molecule has 0 bridgehead atoms. The predicted octanol–water partition coefficient (Wildman–Crippen LogP) is 3.72. The van der Waals surface area contributed by atoms with Crippen LogP contribution in [0.1, 0.15) is 6.92 Å². The average molecular weight is 354 g/mol. The molecule has 0 fully saturated rings. The van der Waals surface area contributed by atoms with Gasteiger partial charge in [-0.25, -0.2) is 4.79 Å². The van der Waals surface area contributed by atoms with Crippen LogP contribution in [0.3, 0.4) is 0 Å². The number of rotatable bonds is 4. The molecule has 2 unspecified atom stereocenters. The van der Waals surface area contributed by atoms with E-state index in [4.69, 9.17) is 4.74 Å². The largest absolute Gasteiger partial charge is 0.455 e. The van der Waals surface area contributed by atoms with Gasteiger partial charge in [-0.1, -0.05) is 65.1 Å². The molecule has 0 aromatic rings. The summed E-state index contributed by atoms with van der Waals surface area (Å²) in [5.74, 6) is 0.530. The van der Waals surface area contributed by atoms with Gasteiger partial charge in [0.2, 0.25) is 0 Å². The fraction of sp³-hybridized carbons (Fsp3) is 0.267. The number of halogens is 1. The minimum Gasteiger partial charge on any atom is -0.455 e. The SMILES string of the molecule is CC(OC(=O)/C=C/I)C1=CC(C2C=CC=C2)C=C1. The third kappa shape index (κ3) is 3.22. The molecule has 18 heavy (non-hydrogen) atoms. The molecule has 2 aliphatic rings. The third-order valence-electron chi connectivity index (χ3n) is 3.08. The number of hydrogen-bond acceptors (Lipinski definition) is 2. The lowest BCUT2D eigenvalue weighted by Gasteiger charge is -2.13. The topological polar surface area (TPSA) is 26.3 Å². The maximum absolute atomic E-state index is 11.4. The molecule has 2 atom stereocenters. The smallest absolute Gasteiger partial charge is 0.331 e. The Morgan fingerprint density at radius 1 is 1.33 bits per heavy atom. The van der Waals surface area contributed by atoms with Crippen molar-refractivity contribution in [3.8, 4) is 0 Å². The van der Waals surface area contributed by atoms with E-state index in [0.717, 1.165) is 5.57 Å². The Hall–Kier alpha value is -1.10. The Labute approximate surface area is 121 Å². The summed E-state index contributed by atoms with van der Waals surface area (Å²) in [5, 5.41) is 0. The fourth-order valence-corrected chi connectivity index (χ4v) is 2.40. The minimum absolute atomic E-state index is 0.194. The molecule has 2 rings (SSSR count). The first-order valence-corrected chi connectivity index (χ1v) is 7.17. The second-order valence-corrected chi connectivity index (χ2v) is 5.04. The highest BCUT2D eigenvalue weighted by Crippen LogP contribution is 2.29. The average Bonchev–Trinajstić information content (AvgIpc) is 3.00. The molecule has 0 amide bonds. The third-order valence-corrected chi connectivity index (χ3v) is 3.44. The molecular formula is C15H15IO2. The molecule has 0 spiro atoms. The summed E-state index contributed by atoms with van der Waals surface area (Å²) in [6.45, 7) is 1.90. The summed E-state index contributed by atoms with van der Waals surface area (Å²) in [6, 6.07) is 0. The second kappa shape index (κ2) is 6.18. The molecule has 0 aliphatic heterocycles. The van der Waals surface area contributed by atoms with E-state index in [1.165, 1.54) is 6.08 Å². The lowest BCUT2D eigenvalue weighted by atomic mass is 9.95. The lowest BCUT2D eigenvalue weighted by molar-refractivity contribution is -0.140. The number of carbonyl (C=O) groups is 1. The fourth-order valence-electron chi connectivity index (χ4n) is 2.10. The molecule has 0 saturated carbocycles. The van der Waals surface area contributed by atoms with Crippen molar-refractivity contribution in [2.45, 2.75) is 13.0 Å². The van der Waals surface area contributed by atoms with Gasteiger partial charge in [0.15, 0.2) is 0 Å². The molecule has 0 aromatic carbocycles. The van der Waals surface area contributed by atoms with Crippen molar-refractivity contribution in [1.82, 2.24) is 0 Å². The van der Waals surface area contributed by atoms with Crippen molar-refractivity contribution in [3.63, 3.8) is 0 Å². The number of ether oxygens (including phenoxy) is 1. The van der Waals surface area contributed by atoms with Crippen LogP contribution >= 0.6 is 22.6 Å². The van der Waals surface area contributed by atoms with Crippen LogP contribution in [-0.4, -0.2) is 12.1 Å². The normalized spacial score (nSPS) is 23.9. The molecule has 94 valence electrons. The highest BCUT2D eigenvalue weighted by molar-refractivity contribution is 14.1. The zero-order valence-electron chi connectivity index (χ0n) is 10.1. The first kappa shape index (κ1) is 13.3. The predicted molar refractivity (Wildman–Crippen MR) is 81.2 cm³/mol. The molecule has 0 aromatic heterocycles. The van der Waals surface area contributed by atoms with E-state index < -0.39 is 0 Å². The quantitative estimate of drug-likeness (QED) is 0.437. The molecule has 0 radical (unpaired) electrons. The summed E-state index contributed by atoms with van der Waals surface area (Å²) in [6.07, 6.45) is 16.1. The van der Waals surface area contributed by atoms with Gasteiger partial charge in [0, 0.05) is 17.9 Å². The van der Waals surface area contributed by atoms with Gasteiger partial charge in [-0.2, -0.15) is 0 Å². The van der Waals surface area contributed by atoms with Crippen LogP contribution in [-0.2, 0) is 9.53 Å². The van der Waals surface area contributed by atoms with Gasteiger partial charge in [0.05, 0.1) is 0 Å². The first-order valence-electron chi connectivity index (χ1n) is 5.93. The van der Waals surface area contributed by atoms with Crippen molar-refractivity contribution in [2.24, 2.45) is 11.8 Å². The second-order valence-electron chi connectivity index (χ2n) is 4.32.